The predicted molar refractivity (Wildman–Crippen MR) is 77.8 cm³/mol. The highest BCUT2D eigenvalue weighted by Crippen LogP contribution is 2.38. The maximum absolute atomic E-state index is 12.2. The molecule has 1 atom stereocenters. The quantitative estimate of drug-likeness (QED) is 0.841. The summed E-state index contributed by atoms with van der Waals surface area (Å²) in [6.07, 6.45) is 2.91. The lowest BCUT2D eigenvalue weighted by molar-refractivity contribution is -0.150. The SMILES string of the molecule is COC1(CC(=O)NC(C)(C(=O)O)c2ccccc2)CCC1. The van der Waals surface area contributed by atoms with Gasteiger partial charge < -0.3 is 15.2 Å². The number of hydrogen-bond donors (Lipinski definition) is 2. The molecule has 0 bridgehead atoms. The fourth-order valence-electron chi connectivity index (χ4n) is 2.66. The van der Waals surface area contributed by atoms with Gasteiger partial charge in [-0.1, -0.05) is 30.3 Å². The lowest BCUT2D eigenvalue weighted by Crippen LogP contribution is -2.52. The first-order valence-corrected chi connectivity index (χ1v) is 7.07. The topological polar surface area (TPSA) is 75.6 Å². The summed E-state index contributed by atoms with van der Waals surface area (Å²) in [5, 5.41) is 12.2. The summed E-state index contributed by atoms with van der Waals surface area (Å²) < 4.78 is 5.42. The number of carboxylic acid groups (broad SMARTS) is 1. The van der Waals surface area contributed by atoms with Crippen LogP contribution < -0.4 is 5.32 Å². The van der Waals surface area contributed by atoms with Crippen LogP contribution >= 0.6 is 0 Å². The molecule has 5 nitrogen and oxygen atoms in total. The van der Waals surface area contributed by atoms with E-state index in [9.17, 15) is 14.7 Å². The van der Waals surface area contributed by atoms with E-state index in [1.54, 1.807) is 31.4 Å². The monoisotopic (exact) mass is 291 g/mol. The molecule has 0 spiro atoms. The molecule has 0 radical (unpaired) electrons. The highest BCUT2D eigenvalue weighted by Gasteiger charge is 2.42. The van der Waals surface area contributed by atoms with E-state index < -0.39 is 17.1 Å². The van der Waals surface area contributed by atoms with Gasteiger partial charge in [0.15, 0.2) is 5.54 Å². The Hall–Kier alpha value is -1.88. The summed E-state index contributed by atoms with van der Waals surface area (Å²) in [4.78, 5) is 23.9. The Kier molecular flexibility index (Phi) is 4.32. The molecule has 2 rings (SSSR count). The molecular weight excluding hydrogens is 270 g/mol. The van der Waals surface area contributed by atoms with E-state index in [-0.39, 0.29) is 12.3 Å². The van der Waals surface area contributed by atoms with Crippen LogP contribution in [0.15, 0.2) is 30.3 Å². The van der Waals surface area contributed by atoms with Crippen LogP contribution in [0.2, 0.25) is 0 Å². The fourth-order valence-corrected chi connectivity index (χ4v) is 2.66. The summed E-state index contributed by atoms with van der Waals surface area (Å²) in [5.74, 6) is -1.38. The maximum Gasteiger partial charge on any atom is 0.333 e. The number of aliphatic carboxylic acids is 1. The highest BCUT2D eigenvalue weighted by molar-refractivity contribution is 5.88. The van der Waals surface area contributed by atoms with Gasteiger partial charge >= 0.3 is 5.97 Å². The van der Waals surface area contributed by atoms with Gasteiger partial charge in [-0.2, -0.15) is 0 Å². The molecule has 21 heavy (non-hydrogen) atoms. The van der Waals surface area contributed by atoms with Gasteiger partial charge in [0, 0.05) is 7.11 Å². The normalized spacial score (nSPS) is 19.1. The van der Waals surface area contributed by atoms with Crippen LogP contribution in [0.5, 0.6) is 0 Å². The molecule has 1 saturated carbocycles. The Balaban J connectivity index is 2.13. The second-order valence-electron chi connectivity index (χ2n) is 5.76. The Morgan fingerprint density at radius 3 is 2.38 bits per heavy atom. The number of nitrogens with one attached hydrogen (secondary N) is 1. The van der Waals surface area contributed by atoms with Crippen LogP contribution in [0.1, 0.15) is 38.2 Å². The van der Waals surface area contributed by atoms with E-state index in [1.807, 2.05) is 6.07 Å². The van der Waals surface area contributed by atoms with Crippen molar-refractivity contribution in [3.8, 4) is 0 Å². The van der Waals surface area contributed by atoms with E-state index in [2.05, 4.69) is 5.32 Å². The van der Waals surface area contributed by atoms with Gasteiger partial charge in [-0.25, -0.2) is 4.79 Å². The molecule has 1 unspecified atom stereocenters. The van der Waals surface area contributed by atoms with Crippen molar-refractivity contribution in [1.29, 1.82) is 0 Å². The number of carbonyl (C=O) groups excluding carboxylic acids is 1. The van der Waals surface area contributed by atoms with Crippen molar-refractivity contribution >= 4 is 11.9 Å². The van der Waals surface area contributed by atoms with Crippen molar-refractivity contribution in [2.45, 2.75) is 43.7 Å². The van der Waals surface area contributed by atoms with Gasteiger partial charge in [-0.15, -0.1) is 0 Å². The van der Waals surface area contributed by atoms with Crippen LogP contribution in [0.4, 0.5) is 0 Å². The predicted octanol–water partition coefficient (Wildman–Crippen LogP) is 2.06. The average molecular weight is 291 g/mol. The zero-order valence-electron chi connectivity index (χ0n) is 12.4. The molecule has 1 aliphatic rings. The summed E-state index contributed by atoms with van der Waals surface area (Å²) in [6, 6.07) is 8.71. The molecule has 2 N–H and O–H groups in total. The van der Waals surface area contributed by atoms with Crippen molar-refractivity contribution in [3.63, 3.8) is 0 Å². The van der Waals surface area contributed by atoms with Crippen molar-refractivity contribution in [2.75, 3.05) is 7.11 Å². The van der Waals surface area contributed by atoms with E-state index >= 15 is 0 Å². The van der Waals surface area contributed by atoms with Crippen LogP contribution in [0.3, 0.4) is 0 Å². The largest absolute Gasteiger partial charge is 0.479 e. The molecule has 1 aromatic carbocycles. The Morgan fingerprint density at radius 2 is 1.95 bits per heavy atom. The van der Waals surface area contributed by atoms with Gasteiger partial charge in [0.05, 0.1) is 12.0 Å². The number of carbonyl (C=O) groups is 2. The van der Waals surface area contributed by atoms with E-state index in [1.165, 1.54) is 6.92 Å². The molecule has 114 valence electrons. The summed E-state index contributed by atoms with van der Waals surface area (Å²) in [7, 11) is 1.60. The standard InChI is InChI=1S/C16H21NO4/c1-15(14(19)20,12-7-4-3-5-8-12)17-13(18)11-16(21-2)9-6-10-16/h3-5,7-8H,6,9-11H2,1-2H3,(H,17,18)(H,19,20). The summed E-state index contributed by atoms with van der Waals surface area (Å²) >= 11 is 0. The number of benzene rings is 1. The number of hydrogen-bond acceptors (Lipinski definition) is 3. The second kappa shape index (κ2) is 5.85. The number of carboxylic acids is 1. The lowest BCUT2D eigenvalue weighted by Gasteiger charge is -2.40. The fraction of sp³-hybridized carbons (Fsp3) is 0.500. The Morgan fingerprint density at radius 1 is 1.33 bits per heavy atom. The minimum atomic E-state index is -1.43. The number of rotatable bonds is 6. The Bertz CT molecular complexity index is 519. The first-order chi connectivity index (χ1) is 9.92. The zero-order valence-corrected chi connectivity index (χ0v) is 12.4. The van der Waals surface area contributed by atoms with Crippen LogP contribution in [0, 0.1) is 0 Å². The van der Waals surface area contributed by atoms with Gasteiger partial charge in [0.1, 0.15) is 0 Å². The number of amides is 1. The van der Waals surface area contributed by atoms with Crippen molar-refractivity contribution in [1.82, 2.24) is 5.32 Å². The molecule has 1 amide bonds. The highest BCUT2D eigenvalue weighted by atomic mass is 16.5. The second-order valence-corrected chi connectivity index (χ2v) is 5.76. The van der Waals surface area contributed by atoms with Crippen LogP contribution in [-0.4, -0.2) is 29.7 Å². The third-order valence-corrected chi connectivity index (χ3v) is 4.35. The van der Waals surface area contributed by atoms with Crippen molar-refractivity contribution < 1.29 is 19.4 Å². The van der Waals surface area contributed by atoms with Crippen LogP contribution in [-0.2, 0) is 19.9 Å². The van der Waals surface area contributed by atoms with Crippen molar-refractivity contribution in [3.05, 3.63) is 35.9 Å². The number of methoxy groups -OCH3 is 1. The molecule has 0 aromatic heterocycles. The molecular formula is C16H21NO4. The summed E-state index contributed by atoms with van der Waals surface area (Å²) in [6.45, 7) is 1.50. The van der Waals surface area contributed by atoms with E-state index in [0.29, 0.717) is 5.56 Å². The van der Waals surface area contributed by atoms with Crippen molar-refractivity contribution in [2.24, 2.45) is 0 Å². The zero-order chi connectivity index (χ0) is 15.5. The lowest BCUT2D eigenvalue weighted by atomic mass is 9.77. The molecule has 0 heterocycles. The van der Waals surface area contributed by atoms with Gasteiger partial charge in [0.2, 0.25) is 5.91 Å². The average Bonchev–Trinajstić information content (AvgIpc) is 2.43. The smallest absolute Gasteiger partial charge is 0.333 e. The van der Waals surface area contributed by atoms with Crippen LogP contribution in [0.25, 0.3) is 0 Å². The molecule has 1 fully saturated rings. The maximum atomic E-state index is 12.2. The minimum absolute atomic E-state index is 0.194. The van der Waals surface area contributed by atoms with Gasteiger partial charge in [-0.3, -0.25) is 4.79 Å². The number of ether oxygens (including phenoxy) is 1. The van der Waals surface area contributed by atoms with E-state index in [0.717, 1.165) is 19.3 Å². The summed E-state index contributed by atoms with van der Waals surface area (Å²) in [5.41, 5.74) is -1.30. The molecule has 5 heteroatoms. The van der Waals surface area contributed by atoms with Gasteiger partial charge in [0.25, 0.3) is 0 Å². The third-order valence-electron chi connectivity index (χ3n) is 4.35. The Labute approximate surface area is 124 Å². The van der Waals surface area contributed by atoms with E-state index in [4.69, 9.17) is 4.74 Å². The molecule has 1 aromatic rings. The van der Waals surface area contributed by atoms with Gasteiger partial charge in [-0.05, 0) is 31.7 Å². The molecule has 0 saturated heterocycles. The minimum Gasteiger partial charge on any atom is -0.479 e. The third kappa shape index (κ3) is 3.08. The first kappa shape index (κ1) is 15.5. The first-order valence-electron chi connectivity index (χ1n) is 7.07. The molecule has 0 aliphatic heterocycles. The molecule has 1 aliphatic carbocycles.